The molecule has 0 radical (unpaired) electrons. The fourth-order valence-corrected chi connectivity index (χ4v) is 4.58. The van der Waals surface area contributed by atoms with E-state index in [0.29, 0.717) is 17.9 Å². The van der Waals surface area contributed by atoms with Crippen LogP contribution >= 0.6 is 0 Å². The Morgan fingerprint density at radius 1 is 0.844 bits per heavy atom. The molecule has 0 saturated heterocycles. The van der Waals surface area contributed by atoms with Gasteiger partial charge in [0, 0.05) is 30.2 Å². The second-order valence-corrected chi connectivity index (χ2v) is 11.4. The lowest BCUT2D eigenvalue weighted by atomic mass is 10.1. The quantitative estimate of drug-likeness (QED) is 0.139. The smallest absolute Gasteiger partial charge is 0.408 e. The van der Waals surface area contributed by atoms with Gasteiger partial charge in [-0.25, -0.2) is 9.59 Å². The van der Waals surface area contributed by atoms with Gasteiger partial charge in [-0.3, -0.25) is 4.79 Å². The van der Waals surface area contributed by atoms with Crippen molar-refractivity contribution in [1.29, 1.82) is 0 Å². The van der Waals surface area contributed by atoms with E-state index in [1.807, 2.05) is 36.4 Å². The van der Waals surface area contributed by atoms with Crippen LogP contribution in [-0.4, -0.2) is 28.8 Å². The van der Waals surface area contributed by atoms with Crippen molar-refractivity contribution in [3.8, 4) is 28.6 Å². The van der Waals surface area contributed by atoms with Gasteiger partial charge in [-0.2, -0.15) is 0 Å². The van der Waals surface area contributed by atoms with Gasteiger partial charge in [0.2, 0.25) is 0 Å². The number of carbonyl (C=O) groups excluding carboxylic acids is 2. The summed E-state index contributed by atoms with van der Waals surface area (Å²) in [6.07, 6.45) is -0.726. The van der Waals surface area contributed by atoms with Crippen LogP contribution in [0.3, 0.4) is 0 Å². The molecule has 45 heavy (non-hydrogen) atoms. The van der Waals surface area contributed by atoms with Crippen molar-refractivity contribution in [3.05, 3.63) is 124 Å². The van der Waals surface area contributed by atoms with Crippen LogP contribution < -0.4 is 20.2 Å². The van der Waals surface area contributed by atoms with Crippen LogP contribution in [-0.2, 0) is 22.6 Å². The van der Waals surface area contributed by atoms with Crippen molar-refractivity contribution >= 4 is 23.0 Å². The average Bonchev–Trinajstić information content (AvgIpc) is 3.00. The van der Waals surface area contributed by atoms with Crippen molar-refractivity contribution in [2.45, 2.75) is 45.4 Å². The Morgan fingerprint density at radius 2 is 1.51 bits per heavy atom. The lowest BCUT2D eigenvalue weighted by molar-refractivity contribution is -0.136. The van der Waals surface area contributed by atoms with Gasteiger partial charge in [0.1, 0.15) is 52.2 Å². The normalized spacial score (nSPS) is 11.9. The summed E-state index contributed by atoms with van der Waals surface area (Å²) < 4.78 is 22.8. The maximum atomic E-state index is 13.5. The topological polar surface area (TPSA) is 124 Å². The third kappa shape index (κ3) is 8.29. The highest BCUT2D eigenvalue weighted by atomic mass is 16.6. The van der Waals surface area contributed by atoms with Gasteiger partial charge in [0.15, 0.2) is 5.43 Å². The van der Waals surface area contributed by atoms with Gasteiger partial charge >= 0.3 is 12.1 Å². The molecule has 2 N–H and O–H groups in total. The molecule has 0 bridgehead atoms. The number of nitrogens with one attached hydrogen (secondary N) is 1. The molecule has 1 atom stereocenters. The molecular formula is C36H33NO8. The number of hydrogen-bond acceptors (Lipinski definition) is 8. The number of fused-ring (bicyclic) bond motifs is 1. The Bertz CT molecular complexity index is 1840. The first-order valence-electron chi connectivity index (χ1n) is 14.4. The van der Waals surface area contributed by atoms with E-state index < -0.39 is 34.9 Å². The Labute approximate surface area is 260 Å². The highest BCUT2D eigenvalue weighted by Gasteiger charge is 2.27. The maximum absolute atomic E-state index is 13.5. The largest absolute Gasteiger partial charge is 0.507 e. The molecule has 0 saturated carbocycles. The molecule has 0 aliphatic carbocycles. The Kier molecular flexibility index (Phi) is 9.18. The number of alkyl carbamates (subject to hydrolysis) is 1. The molecular weight excluding hydrogens is 574 g/mol. The second-order valence-electron chi connectivity index (χ2n) is 11.4. The van der Waals surface area contributed by atoms with Gasteiger partial charge in [-0.15, -0.1) is 0 Å². The average molecular weight is 608 g/mol. The number of hydrogen-bond donors (Lipinski definition) is 2. The van der Waals surface area contributed by atoms with Crippen molar-refractivity contribution in [2.24, 2.45) is 0 Å². The molecule has 0 unspecified atom stereocenters. The maximum Gasteiger partial charge on any atom is 0.408 e. The van der Waals surface area contributed by atoms with Crippen molar-refractivity contribution in [1.82, 2.24) is 5.32 Å². The summed E-state index contributed by atoms with van der Waals surface area (Å²) in [5, 5.41) is 13.2. The number of rotatable bonds is 9. The van der Waals surface area contributed by atoms with Crippen LogP contribution in [0.15, 0.2) is 112 Å². The fraction of sp³-hybridized carbons (Fsp3) is 0.194. The van der Waals surface area contributed by atoms with E-state index in [1.54, 1.807) is 69.3 Å². The first-order chi connectivity index (χ1) is 21.5. The first kappa shape index (κ1) is 30.9. The number of ether oxygens (including phenoxy) is 3. The Hall–Kier alpha value is -5.57. The molecule has 9 nitrogen and oxygen atoms in total. The summed E-state index contributed by atoms with van der Waals surface area (Å²) in [5.41, 5.74) is 1.20. The van der Waals surface area contributed by atoms with Crippen LogP contribution in [0, 0.1) is 0 Å². The second kappa shape index (κ2) is 13.4. The molecule has 5 aromatic rings. The fourth-order valence-electron chi connectivity index (χ4n) is 4.58. The van der Waals surface area contributed by atoms with Crippen LogP contribution in [0.25, 0.3) is 22.3 Å². The number of aromatic hydroxyl groups is 1. The predicted octanol–water partition coefficient (Wildman–Crippen LogP) is 6.79. The molecule has 9 heteroatoms. The molecule has 1 aromatic heterocycles. The van der Waals surface area contributed by atoms with Crippen molar-refractivity contribution < 1.29 is 33.3 Å². The number of phenols is 1. The van der Waals surface area contributed by atoms with Gasteiger partial charge in [-0.05, 0) is 44.0 Å². The van der Waals surface area contributed by atoms with E-state index in [0.717, 1.165) is 17.2 Å². The minimum atomic E-state index is -1.16. The molecule has 0 aliphatic rings. The number of esters is 1. The van der Waals surface area contributed by atoms with E-state index in [1.165, 1.54) is 12.1 Å². The van der Waals surface area contributed by atoms with E-state index in [-0.39, 0.29) is 28.9 Å². The minimum absolute atomic E-state index is 0.0342. The summed E-state index contributed by atoms with van der Waals surface area (Å²) in [6.45, 7) is 5.54. The first-order valence-corrected chi connectivity index (χ1v) is 14.4. The van der Waals surface area contributed by atoms with Gasteiger partial charge < -0.3 is 29.1 Å². The molecule has 5 rings (SSSR count). The number of benzene rings is 4. The van der Waals surface area contributed by atoms with Gasteiger partial charge in [0.05, 0.1) is 0 Å². The van der Waals surface area contributed by atoms with Crippen LogP contribution in [0.1, 0.15) is 31.9 Å². The van der Waals surface area contributed by atoms with E-state index in [9.17, 15) is 19.5 Å². The van der Waals surface area contributed by atoms with E-state index >= 15 is 0 Å². The Balaban J connectivity index is 1.36. The number of carbonyl (C=O) groups is 2. The SMILES string of the molecule is CC(C)(C)OC(=O)N[C@H](Cc1ccc(OCc2ccccc2)cc1)C(=O)Oc1cc(O)c2c(=O)cc(-c3ccccc3)oc2c1. The number of phenolic OH excluding ortho intramolecular Hbond substituents is 1. The highest BCUT2D eigenvalue weighted by molar-refractivity contribution is 5.88. The molecule has 230 valence electrons. The van der Waals surface area contributed by atoms with E-state index in [2.05, 4.69) is 5.32 Å². The third-order valence-electron chi connectivity index (χ3n) is 6.65. The minimum Gasteiger partial charge on any atom is -0.507 e. The predicted molar refractivity (Wildman–Crippen MR) is 169 cm³/mol. The molecule has 0 fully saturated rings. The van der Waals surface area contributed by atoms with Crippen molar-refractivity contribution in [2.75, 3.05) is 0 Å². The molecule has 0 spiro atoms. The lowest BCUT2D eigenvalue weighted by Gasteiger charge is -2.23. The molecule has 0 aliphatic heterocycles. The molecule has 4 aromatic carbocycles. The Morgan fingerprint density at radius 3 is 2.18 bits per heavy atom. The van der Waals surface area contributed by atoms with Gasteiger partial charge in [0.25, 0.3) is 0 Å². The lowest BCUT2D eigenvalue weighted by Crippen LogP contribution is -2.46. The zero-order chi connectivity index (χ0) is 32.0. The molecule has 1 heterocycles. The summed E-state index contributed by atoms with van der Waals surface area (Å²) >= 11 is 0. The van der Waals surface area contributed by atoms with Gasteiger partial charge in [-0.1, -0.05) is 72.8 Å². The van der Waals surface area contributed by atoms with E-state index in [4.69, 9.17) is 18.6 Å². The monoisotopic (exact) mass is 607 g/mol. The van der Waals surface area contributed by atoms with Crippen LogP contribution in [0.2, 0.25) is 0 Å². The third-order valence-corrected chi connectivity index (χ3v) is 6.65. The van der Waals surface area contributed by atoms with Crippen LogP contribution in [0.5, 0.6) is 17.2 Å². The van der Waals surface area contributed by atoms with Crippen molar-refractivity contribution in [3.63, 3.8) is 0 Å². The summed E-state index contributed by atoms with van der Waals surface area (Å²) in [4.78, 5) is 38.9. The standard InChI is InChI=1S/C36H33NO8/c1-36(2,3)45-35(41)37-28(18-23-14-16-26(17-15-23)42-22-24-10-6-4-7-11-24)34(40)43-27-19-29(38)33-30(39)21-31(44-32(33)20-27)25-12-8-5-9-13-25/h4-17,19-21,28,38H,18,22H2,1-3H3,(H,37,41)/t28-/m1/s1. The summed E-state index contributed by atoms with van der Waals surface area (Å²) in [7, 11) is 0. The molecule has 1 amide bonds. The zero-order valence-electron chi connectivity index (χ0n) is 25.1. The summed E-state index contributed by atoms with van der Waals surface area (Å²) in [6, 6.07) is 28.5. The zero-order valence-corrected chi connectivity index (χ0v) is 25.1. The number of amides is 1. The highest BCUT2D eigenvalue weighted by Crippen LogP contribution is 2.31. The summed E-state index contributed by atoms with van der Waals surface area (Å²) in [5.74, 6) is -0.363. The van der Waals surface area contributed by atoms with Crippen LogP contribution in [0.4, 0.5) is 4.79 Å².